The summed E-state index contributed by atoms with van der Waals surface area (Å²) in [5.74, 6) is 1.83. The third-order valence-electron chi connectivity index (χ3n) is 4.26. The standard InChI is InChI=1S/C18H23N5O2/c1-12(2)17-19-13(3)11-16(21-17)23-9-7-22(8-10-23)15-6-4-5-14(20-15)18(24)25/h4-6,11-12H,7-10H2,1-3H3,(H,24,25). The Kier molecular flexibility index (Phi) is 4.83. The van der Waals surface area contributed by atoms with Crippen LogP contribution < -0.4 is 9.80 Å². The third-order valence-corrected chi connectivity index (χ3v) is 4.26. The van der Waals surface area contributed by atoms with E-state index in [2.05, 4.69) is 33.6 Å². The van der Waals surface area contributed by atoms with Crippen molar-refractivity contribution in [3.8, 4) is 0 Å². The number of hydrogen-bond donors (Lipinski definition) is 1. The fourth-order valence-corrected chi connectivity index (χ4v) is 2.88. The number of carboxylic acid groups (broad SMARTS) is 1. The number of rotatable bonds is 4. The van der Waals surface area contributed by atoms with Crippen molar-refractivity contribution in [2.45, 2.75) is 26.7 Å². The third kappa shape index (κ3) is 3.87. The van der Waals surface area contributed by atoms with Crippen LogP contribution in [0.5, 0.6) is 0 Å². The van der Waals surface area contributed by atoms with E-state index >= 15 is 0 Å². The van der Waals surface area contributed by atoms with Gasteiger partial charge in [0.2, 0.25) is 0 Å². The van der Waals surface area contributed by atoms with E-state index in [9.17, 15) is 4.79 Å². The topological polar surface area (TPSA) is 82.5 Å². The van der Waals surface area contributed by atoms with Crippen LogP contribution in [-0.4, -0.2) is 52.2 Å². The summed E-state index contributed by atoms with van der Waals surface area (Å²) in [5, 5.41) is 9.09. The molecule has 1 N–H and O–H groups in total. The van der Waals surface area contributed by atoms with Crippen LogP contribution in [0.15, 0.2) is 24.3 Å². The van der Waals surface area contributed by atoms with E-state index < -0.39 is 5.97 Å². The lowest BCUT2D eigenvalue weighted by molar-refractivity contribution is 0.0690. The molecule has 7 nitrogen and oxygen atoms in total. The first-order valence-corrected chi connectivity index (χ1v) is 8.50. The van der Waals surface area contributed by atoms with Crippen LogP contribution in [0.3, 0.4) is 0 Å². The molecule has 1 fully saturated rings. The second kappa shape index (κ2) is 7.04. The van der Waals surface area contributed by atoms with Crippen molar-refractivity contribution in [2.24, 2.45) is 0 Å². The molecular formula is C18H23N5O2. The van der Waals surface area contributed by atoms with Crippen LogP contribution in [0, 0.1) is 6.92 Å². The van der Waals surface area contributed by atoms with Gasteiger partial charge >= 0.3 is 5.97 Å². The van der Waals surface area contributed by atoms with Crippen LogP contribution in [0.4, 0.5) is 11.6 Å². The second-order valence-corrected chi connectivity index (χ2v) is 6.54. The minimum atomic E-state index is -1.00. The number of pyridine rings is 1. The van der Waals surface area contributed by atoms with E-state index in [1.54, 1.807) is 6.07 Å². The molecule has 7 heteroatoms. The monoisotopic (exact) mass is 341 g/mol. The van der Waals surface area contributed by atoms with Crippen molar-refractivity contribution in [3.63, 3.8) is 0 Å². The van der Waals surface area contributed by atoms with Gasteiger partial charge in [-0.2, -0.15) is 0 Å². The van der Waals surface area contributed by atoms with Crippen LogP contribution in [0.25, 0.3) is 0 Å². The number of carboxylic acids is 1. The Bertz CT molecular complexity index is 770. The van der Waals surface area contributed by atoms with E-state index in [1.165, 1.54) is 6.07 Å². The molecule has 0 saturated carbocycles. The first-order chi connectivity index (χ1) is 11.9. The largest absolute Gasteiger partial charge is 0.477 e. The maximum atomic E-state index is 11.1. The van der Waals surface area contributed by atoms with Gasteiger partial charge < -0.3 is 14.9 Å². The Morgan fingerprint density at radius 2 is 1.68 bits per heavy atom. The minimum absolute atomic E-state index is 0.0768. The lowest BCUT2D eigenvalue weighted by Crippen LogP contribution is -2.47. The van der Waals surface area contributed by atoms with Gasteiger partial charge in [-0.05, 0) is 19.1 Å². The summed E-state index contributed by atoms with van der Waals surface area (Å²) in [5.41, 5.74) is 1.06. The summed E-state index contributed by atoms with van der Waals surface area (Å²) in [4.78, 5) is 28.9. The second-order valence-electron chi connectivity index (χ2n) is 6.54. The highest BCUT2D eigenvalue weighted by atomic mass is 16.4. The molecule has 0 aromatic carbocycles. The molecule has 132 valence electrons. The Balaban J connectivity index is 1.72. The van der Waals surface area contributed by atoms with E-state index in [0.717, 1.165) is 43.5 Å². The Hall–Kier alpha value is -2.70. The number of aromatic nitrogens is 3. The van der Waals surface area contributed by atoms with Gasteiger partial charge in [-0.25, -0.2) is 19.7 Å². The predicted octanol–water partition coefficient (Wildman–Crippen LogP) is 2.33. The van der Waals surface area contributed by atoms with Gasteiger partial charge in [0, 0.05) is 43.9 Å². The van der Waals surface area contributed by atoms with Gasteiger partial charge in [0.1, 0.15) is 17.5 Å². The van der Waals surface area contributed by atoms with E-state index in [1.807, 2.05) is 19.1 Å². The average molecular weight is 341 g/mol. The SMILES string of the molecule is Cc1cc(N2CCN(c3cccc(C(=O)O)n3)CC2)nc(C(C)C)n1. The molecule has 0 bridgehead atoms. The van der Waals surface area contributed by atoms with Crippen molar-refractivity contribution in [3.05, 3.63) is 41.5 Å². The highest BCUT2D eigenvalue weighted by Gasteiger charge is 2.21. The highest BCUT2D eigenvalue weighted by Crippen LogP contribution is 2.20. The summed E-state index contributed by atoms with van der Waals surface area (Å²) >= 11 is 0. The maximum Gasteiger partial charge on any atom is 0.354 e. The van der Waals surface area contributed by atoms with Crippen molar-refractivity contribution in [2.75, 3.05) is 36.0 Å². The van der Waals surface area contributed by atoms with Gasteiger partial charge in [0.15, 0.2) is 5.69 Å². The Labute approximate surface area is 147 Å². The van der Waals surface area contributed by atoms with E-state index in [4.69, 9.17) is 10.1 Å². The minimum Gasteiger partial charge on any atom is -0.477 e. The fraction of sp³-hybridized carbons (Fsp3) is 0.444. The number of hydrogen-bond acceptors (Lipinski definition) is 6. The van der Waals surface area contributed by atoms with Gasteiger partial charge in [-0.1, -0.05) is 19.9 Å². The molecule has 1 saturated heterocycles. The smallest absolute Gasteiger partial charge is 0.354 e. The molecule has 3 heterocycles. The zero-order valence-corrected chi connectivity index (χ0v) is 14.8. The van der Waals surface area contributed by atoms with Crippen LogP contribution in [0.1, 0.15) is 41.8 Å². The maximum absolute atomic E-state index is 11.1. The lowest BCUT2D eigenvalue weighted by Gasteiger charge is -2.36. The molecular weight excluding hydrogens is 318 g/mol. The first kappa shape index (κ1) is 17.1. The molecule has 1 aliphatic heterocycles. The van der Waals surface area contributed by atoms with E-state index in [-0.39, 0.29) is 5.69 Å². The highest BCUT2D eigenvalue weighted by molar-refractivity contribution is 5.85. The normalized spacial score (nSPS) is 14.9. The van der Waals surface area contributed by atoms with Crippen molar-refractivity contribution >= 4 is 17.6 Å². The zero-order chi connectivity index (χ0) is 18.0. The number of aryl methyl sites for hydroxylation is 1. The molecule has 0 amide bonds. The van der Waals surface area contributed by atoms with Crippen LogP contribution in [0.2, 0.25) is 0 Å². The molecule has 2 aromatic rings. The summed E-state index contributed by atoms with van der Waals surface area (Å²) in [6.45, 7) is 9.36. The molecule has 0 spiro atoms. The molecule has 0 aliphatic carbocycles. The van der Waals surface area contributed by atoms with Gasteiger partial charge in [-0.3, -0.25) is 0 Å². The summed E-state index contributed by atoms with van der Waals surface area (Å²) < 4.78 is 0. The molecule has 2 aromatic heterocycles. The fourth-order valence-electron chi connectivity index (χ4n) is 2.88. The zero-order valence-electron chi connectivity index (χ0n) is 14.8. The van der Waals surface area contributed by atoms with E-state index in [0.29, 0.717) is 11.7 Å². The number of nitrogens with zero attached hydrogens (tertiary/aromatic N) is 5. The van der Waals surface area contributed by atoms with Gasteiger partial charge in [0.05, 0.1) is 0 Å². The molecule has 3 rings (SSSR count). The van der Waals surface area contributed by atoms with Crippen LogP contribution in [-0.2, 0) is 0 Å². The molecule has 25 heavy (non-hydrogen) atoms. The first-order valence-electron chi connectivity index (χ1n) is 8.50. The summed E-state index contributed by atoms with van der Waals surface area (Å²) in [7, 11) is 0. The number of piperazine rings is 1. The number of carbonyl (C=O) groups is 1. The van der Waals surface area contributed by atoms with Crippen LogP contribution >= 0.6 is 0 Å². The average Bonchev–Trinajstić information content (AvgIpc) is 2.61. The molecule has 0 radical (unpaired) electrons. The Morgan fingerprint density at radius 3 is 2.28 bits per heavy atom. The predicted molar refractivity (Wildman–Crippen MR) is 96.5 cm³/mol. The summed E-state index contributed by atoms with van der Waals surface area (Å²) in [6, 6.07) is 7.12. The van der Waals surface area contributed by atoms with Gasteiger partial charge in [-0.15, -0.1) is 0 Å². The lowest BCUT2D eigenvalue weighted by atomic mass is 10.2. The number of aromatic carboxylic acids is 1. The summed E-state index contributed by atoms with van der Waals surface area (Å²) in [6.07, 6.45) is 0. The Morgan fingerprint density at radius 1 is 1.04 bits per heavy atom. The van der Waals surface area contributed by atoms with Gasteiger partial charge in [0.25, 0.3) is 0 Å². The quantitative estimate of drug-likeness (QED) is 0.914. The molecule has 0 unspecified atom stereocenters. The molecule has 1 aliphatic rings. The van der Waals surface area contributed by atoms with Crippen molar-refractivity contribution in [1.82, 2.24) is 15.0 Å². The number of anilines is 2. The van der Waals surface area contributed by atoms with Crippen molar-refractivity contribution < 1.29 is 9.90 Å². The molecule has 0 atom stereocenters. The van der Waals surface area contributed by atoms with Crippen molar-refractivity contribution in [1.29, 1.82) is 0 Å².